The van der Waals surface area contributed by atoms with Crippen molar-refractivity contribution < 1.29 is 9.72 Å². The third kappa shape index (κ3) is 3.48. The number of benzene rings is 2. The number of nitrogens with one attached hydrogen (secondary N) is 1. The zero-order chi connectivity index (χ0) is 17.8. The van der Waals surface area contributed by atoms with Gasteiger partial charge in [-0.1, -0.05) is 18.2 Å². The minimum atomic E-state index is -0.536. The van der Waals surface area contributed by atoms with Gasteiger partial charge < -0.3 is 5.32 Å². The molecule has 9 nitrogen and oxygen atoms in total. The van der Waals surface area contributed by atoms with E-state index < -0.39 is 10.8 Å². The van der Waals surface area contributed by atoms with Gasteiger partial charge in [0.1, 0.15) is 0 Å². The topological polar surface area (TPSA) is 116 Å². The van der Waals surface area contributed by atoms with Crippen LogP contribution in [0.15, 0.2) is 58.6 Å². The quantitative estimate of drug-likeness (QED) is 0.549. The van der Waals surface area contributed by atoms with Gasteiger partial charge in [-0.15, -0.1) is 5.10 Å². The highest BCUT2D eigenvalue weighted by Crippen LogP contribution is 2.34. The predicted molar refractivity (Wildman–Crippen MR) is 89.8 cm³/mol. The minimum Gasteiger partial charge on any atom is -0.355 e. The van der Waals surface area contributed by atoms with Crippen molar-refractivity contribution in [3.8, 4) is 5.69 Å². The molecule has 0 saturated carbocycles. The van der Waals surface area contributed by atoms with E-state index in [1.165, 1.54) is 29.9 Å². The first-order valence-corrected chi connectivity index (χ1v) is 7.94. The summed E-state index contributed by atoms with van der Waals surface area (Å²) in [4.78, 5) is 22.9. The Morgan fingerprint density at radius 2 is 2.00 bits per heavy atom. The Morgan fingerprint density at radius 1 is 1.24 bits per heavy atom. The molecule has 0 aliphatic rings. The van der Waals surface area contributed by atoms with E-state index in [4.69, 9.17) is 0 Å². The number of carbonyl (C=O) groups excluding carboxylic acids is 1. The summed E-state index contributed by atoms with van der Waals surface area (Å²) in [5, 5.41) is 25.7. The number of hydrogen-bond donors (Lipinski definition) is 1. The zero-order valence-corrected chi connectivity index (χ0v) is 13.8. The summed E-state index contributed by atoms with van der Waals surface area (Å²) in [6, 6.07) is 13.5. The molecule has 3 aromatic rings. The lowest BCUT2D eigenvalue weighted by atomic mass is 10.2. The van der Waals surface area contributed by atoms with E-state index in [0.717, 1.165) is 17.4 Å². The van der Waals surface area contributed by atoms with Gasteiger partial charge in [-0.05, 0) is 46.5 Å². The molecule has 126 valence electrons. The van der Waals surface area contributed by atoms with Crippen molar-refractivity contribution >= 4 is 23.4 Å². The molecule has 0 bridgehead atoms. The van der Waals surface area contributed by atoms with Crippen LogP contribution in [0.1, 0.15) is 10.4 Å². The molecule has 0 fully saturated rings. The molecule has 1 aromatic heterocycles. The van der Waals surface area contributed by atoms with Crippen LogP contribution in [0.5, 0.6) is 0 Å². The summed E-state index contributed by atoms with van der Waals surface area (Å²) in [5.74, 6) is -0.395. The Kier molecular flexibility index (Phi) is 4.70. The summed E-state index contributed by atoms with van der Waals surface area (Å²) in [5.41, 5.74) is 0.759. The van der Waals surface area contributed by atoms with Crippen LogP contribution in [0.25, 0.3) is 5.69 Å². The van der Waals surface area contributed by atoms with Crippen LogP contribution in [-0.2, 0) is 0 Å². The van der Waals surface area contributed by atoms with Crippen molar-refractivity contribution in [3.05, 3.63) is 64.2 Å². The number of nitrogens with zero attached hydrogens (tertiary/aromatic N) is 5. The first-order valence-electron chi connectivity index (χ1n) is 7.12. The van der Waals surface area contributed by atoms with E-state index in [2.05, 4.69) is 20.8 Å². The molecule has 1 heterocycles. The first-order chi connectivity index (χ1) is 12.1. The van der Waals surface area contributed by atoms with Gasteiger partial charge in [-0.3, -0.25) is 14.9 Å². The second-order valence-electron chi connectivity index (χ2n) is 4.83. The van der Waals surface area contributed by atoms with E-state index >= 15 is 0 Å². The number of aromatic nitrogens is 4. The lowest BCUT2D eigenvalue weighted by Crippen LogP contribution is -2.17. The molecule has 1 amide bonds. The Balaban J connectivity index is 1.98. The van der Waals surface area contributed by atoms with E-state index in [-0.39, 0.29) is 11.3 Å². The van der Waals surface area contributed by atoms with Crippen LogP contribution < -0.4 is 5.32 Å². The fourth-order valence-corrected chi connectivity index (χ4v) is 2.98. The normalized spacial score (nSPS) is 10.4. The summed E-state index contributed by atoms with van der Waals surface area (Å²) in [6.45, 7) is 0. The van der Waals surface area contributed by atoms with Crippen molar-refractivity contribution in [2.75, 3.05) is 7.05 Å². The highest BCUT2D eigenvalue weighted by atomic mass is 32.2. The monoisotopic (exact) mass is 356 g/mol. The molecule has 2 aromatic carbocycles. The number of amides is 1. The maximum Gasteiger partial charge on any atom is 0.284 e. The second kappa shape index (κ2) is 7.09. The van der Waals surface area contributed by atoms with Gasteiger partial charge in [0.2, 0.25) is 5.16 Å². The van der Waals surface area contributed by atoms with Gasteiger partial charge in [-0.2, -0.15) is 4.68 Å². The fourth-order valence-electron chi connectivity index (χ4n) is 2.10. The highest BCUT2D eigenvalue weighted by Gasteiger charge is 2.20. The maximum absolute atomic E-state index is 11.7. The number of tetrazole rings is 1. The van der Waals surface area contributed by atoms with Gasteiger partial charge in [-0.25, -0.2) is 0 Å². The third-order valence-electron chi connectivity index (χ3n) is 3.29. The number of hydrogen-bond acceptors (Lipinski definition) is 7. The summed E-state index contributed by atoms with van der Waals surface area (Å²) >= 11 is 1.05. The molecule has 0 atom stereocenters. The molecule has 25 heavy (non-hydrogen) atoms. The summed E-state index contributed by atoms with van der Waals surface area (Å²) in [7, 11) is 1.46. The molecule has 0 aliphatic carbocycles. The average molecular weight is 356 g/mol. The first kappa shape index (κ1) is 16.6. The molecule has 0 spiro atoms. The molecule has 10 heteroatoms. The largest absolute Gasteiger partial charge is 0.355 e. The molecule has 1 N–H and O–H groups in total. The Morgan fingerprint density at radius 3 is 2.68 bits per heavy atom. The Bertz CT molecular complexity index is 928. The van der Waals surface area contributed by atoms with Gasteiger partial charge in [0, 0.05) is 18.7 Å². The number of rotatable bonds is 5. The van der Waals surface area contributed by atoms with Gasteiger partial charge in [0.05, 0.1) is 15.5 Å². The van der Waals surface area contributed by atoms with E-state index in [1.807, 2.05) is 30.3 Å². The number of carbonyl (C=O) groups is 1. The van der Waals surface area contributed by atoms with Crippen LogP contribution in [0.3, 0.4) is 0 Å². The van der Waals surface area contributed by atoms with Gasteiger partial charge in [0.15, 0.2) is 0 Å². The number of para-hydroxylation sites is 1. The van der Waals surface area contributed by atoms with Crippen LogP contribution >= 0.6 is 11.8 Å². The molecule has 0 saturated heterocycles. The molecule has 0 unspecified atom stereocenters. The number of nitro benzene ring substituents is 1. The molecule has 0 radical (unpaired) electrons. The van der Waals surface area contributed by atoms with Crippen LogP contribution in [0.4, 0.5) is 5.69 Å². The van der Waals surface area contributed by atoms with Gasteiger partial charge >= 0.3 is 0 Å². The Hall–Kier alpha value is -3.27. The maximum atomic E-state index is 11.7. The van der Waals surface area contributed by atoms with Crippen molar-refractivity contribution in [2.24, 2.45) is 0 Å². The highest BCUT2D eigenvalue weighted by molar-refractivity contribution is 7.99. The van der Waals surface area contributed by atoms with Crippen molar-refractivity contribution in [1.82, 2.24) is 25.5 Å². The lowest BCUT2D eigenvalue weighted by Gasteiger charge is -2.06. The van der Waals surface area contributed by atoms with Crippen molar-refractivity contribution in [1.29, 1.82) is 0 Å². The second-order valence-corrected chi connectivity index (χ2v) is 5.84. The molecule has 3 rings (SSSR count). The minimum absolute atomic E-state index is 0.186. The lowest BCUT2D eigenvalue weighted by molar-refractivity contribution is -0.387. The van der Waals surface area contributed by atoms with E-state index in [1.54, 1.807) is 0 Å². The third-order valence-corrected chi connectivity index (χ3v) is 4.29. The van der Waals surface area contributed by atoms with E-state index in [0.29, 0.717) is 10.1 Å². The fraction of sp³-hybridized carbons (Fsp3) is 0.0667. The Labute approximate surface area is 146 Å². The summed E-state index contributed by atoms with van der Waals surface area (Å²) in [6.07, 6.45) is 0. The van der Waals surface area contributed by atoms with Crippen LogP contribution in [0, 0.1) is 10.1 Å². The van der Waals surface area contributed by atoms with E-state index in [9.17, 15) is 14.9 Å². The van der Waals surface area contributed by atoms with Crippen LogP contribution in [-0.4, -0.2) is 38.1 Å². The van der Waals surface area contributed by atoms with Gasteiger partial charge in [0.25, 0.3) is 11.6 Å². The standard InChI is InChI=1S/C15H12N6O3S/c1-16-14(22)10-7-8-13(12(9-10)21(23)24)25-15-17-18-19-20(15)11-5-3-2-4-6-11/h2-9H,1H3,(H,16,22). The summed E-state index contributed by atoms with van der Waals surface area (Å²) < 4.78 is 1.49. The van der Waals surface area contributed by atoms with Crippen molar-refractivity contribution in [2.45, 2.75) is 10.1 Å². The van der Waals surface area contributed by atoms with Crippen LogP contribution in [0.2, 0.25) is 0 Å². The average Bonchev–Trinajstić information content (AvgIpc) is 3.10. The smallest absolute Gasteiger partial charge is 0.284 e. The molecular formula is C15H12N6O3S. The number of nitro groups is 1. The predicted octanol–water partition coefficient (Wildman–Crippen LogP) is 2.08. The molecular weight excluding hydrogens is 344 g/mol. The zero-order valence-electron chi connectivity index (χ0n) is 13.0. The SMILES string of the molecule is CNC(=O)c1ccc(Sc2nnnn2-c2ccccc2)c([N+](=O)[O-])c1. The van der Waals surface area contributed by atoms with Crippen molar-refractivity contribution in [3.63, 3.8) is 0 Å². The molecule has 0 aliphatic heterocycles.